The summed E-state index contributed by atoms with van der Waals surface area (Å²) in [5.74, 6) is 0.378. The summed E-state index contributed by atoms with van der Waals surface area (Å²) in [6.45, 7) is 0.478. The molecule has 1 unspecified atom stereocenters. The number of hydrogen-bond donors (Lipinski definition) is 2. The average Bonchev–Trinajstić information content (AvgIpc) is 3.13. The van der Waals surface area contributed by atoms with E-state index in [0.717, 1.165) is 11.3 Å². The van der Waals surface area contributed by atoms with Crippen LogP contribution in [0.5, 0.6) is 0 Å². The van der Waals surface area contributed by atoms with Gasteiger partial charge < -0.3 is 15.1 Å². The highest BCUT2D eigenvalue weighted by Crippen LogP contribution is 2.11. The molecule has 1 aromatic carbocycles. The highest BCUT2D eigenvalue weighted by molar-refractivity contribution is 7.98. The van der Waals surface area contributed by atoms with Crippen molar-refractivity contribution < 1.29 is 14.0 Å². The third-order valence-corrected chi connectivity index (χ3v) is 4.46. The van der Waals surface area contributed by atoms with E-state index in [-0.39, 0.29) is 17.6 Å². The molecule has 7 heteroatoms. The standard InChI is InChI=1S/C18H21ClN2O3S/c1-25-11-8-15(21-18(23)16-6-3-10-24-16)17(22)20-9-7-13-4-2-5-14(19)12-13/h2-6,10,12,15H,7-9,11H2,1H3,(H,20,22)(H,21,23). The minimum absolute atomic E-state index is 0.195. The van der Waals surface area contributed by atoms with Crippen LogP contribution >= 0.6 is 23.4 Å². The first-order valence-electron chi connectivity index (χ1n) is 7.95. The molecular formula is C18H21ClN2O3S. The van der Waals surface area contributed by atoms with E-state index in [2.05, 4.69) is 10.6 Å². The van der Waals surface area contributed by atoms with Gasteiger partial charge >= 0.3 is 0 Å². The van der Waals surface area contributed by atoms with Gasteiger partial charge in [-0.25, -0.2) is 0 Å². The number of benzene rings is 1. The Kier molecular flexibility index (Phi) is 7.88. The van der Waals surface area contributed by atoms with Crippen LogP contribution in [0.1, 0.15) is 22.5 Å². The number of thioether (sulfide) groups is 1. The number of amides is 2. The molecule has 2 rings (SSSR count). The molecule has 0 spiro atoms. The number of rotatable bonds is 9. The third kappa shape index (κ3) is 6.48. The van der Waals surface area contributed by atoms with Gasteiger partial charge in [-0.15, -0.1) is 0 Å². The fraction of sp³-hybridized carbons (Fsp3) is 0.333. The van der Waals surface area contributed by atoms with E-state index in [1.54, 1.807) is 23.9 Å². The second-order valence-corrected chi connectivity index (χ2v) is 6.88. The summed E-state index contributed by atoms with van der Waals surface area (Å²) in [5, 5.41) is 6.28. The first-order chi connectivity index (χ1) is 12.1. The van der Waals surface area contributed by atoms with Crippen molar-refractivity contribution in [2.24, 2.45) is 0 Å². The summed E-state index contributed by atoms with van der Waals surface area (Å²) in [6, 6.07) is 10.1. The molecule has 1 heterocycles. The van der Waals surface area contributed by atoms with Crippen LogP contribution in [0, 0.1) is 0 Å². The minimum atomic E-state index is -0.593. The maximum atomic E-state index is 12.4. The van der Waals surface area contributed by atoms with Crippen molar-refractivity contribution in [1.82, 2.24) is 10.6 Å². The average molecular weight is 381 g/mol. The predicted octanol–water partition coefficient (Wildman–Crippen LogP) is 3.14. The Hall–Kier alpha value is -1.92. The van der Waals surface area contributed by atoms with Gasteiger partial charge in [0.1, 0.15) is 6.04 Å². The van der Waals surface area contributed by atoms with E-state index in [1.807, 2.05) is 30.5 Å². The van der Waals surface area contributed by atoms with Gasteiger partial charge in [0.25, 0.3) is 5.91 Å². The molecule has 2 amide bonds. The summed E-state index contributed by atoms with van der Waals surface area (Å²) in [5.41, 5.74) is 1.05. The minimum Gasteiger partial charge on any atom is -0.459 e. The Bertz CT molecular complexity index is 691. The number of hydrogen-bond acceptors (Lipinski definition) is 4. The van der Waals surface area contributed by atoms with Gasteiger partial charge in [0, 0.05) is 11.6 Å². The first-order valence-corrected chi connectivity index (χ1v) is 9.73. The van der Waals surface area contributed by atoms with Crippen LogP contribution in [0.15, 0.2) is 47.1 Å². The predicted molar refractivity (Wildman–Crippen MR) is 101 cm³/mol. The molecule has 0 aliphatic rings. The number of nitrogens with one attached hydrogen (secondary N) is 2. The lowest BCUT2D eigenvalue weighted by Crippen LogP contribution is -2.47. The van der Waals surface area contributed by atoms with Gasteiger partial charge in [-0.3, -0.25) is 9.59 Å². The van der Waals surface area contributed by atoms with Crippen LogP contribution in [0.2, 0.25) is 5.02 Å². The molecule has 0 saturated heterocycles. The zero-order valence-electron chi connectivity index (χ0n) is 14.0. The number of carbonyl (C=O) groups excluding carboxylic acids is 2. The van der Waals surface area contributed by atoms with E-state index < -0.39 is 6.04 Å². The van der Waals surface area contributed by atoms with E-state index >= 15 is 0 Å². The Morgan fingerprint density at radius 3 is 2.80 bits per heavy atom. The molecule has 1 aromatic heterocycles. The fourth-order valence-electron chi connectivity index (χ4n) is 2.29. The smallest absolute Gasteiger partial charge is 0.287 e. The van der Waals surface area contributed by atoms with Crippen LogP contribution in [0.4, 0.5) is 0 Å². The highest BCUT2D eigenvalue weighted by atomic mass is 35.5. The highest BCUT2D eigenvalue weighted by Gasteiger charge is 2.21. The monoisotopic (exact) mass is 380 g/mol. The maximum Gasteiger partial charge on any atom is 0.287 e. The molecule has 0 saturated carbocycles. The normalized spacial score (nSPS) is 11.8. The third-order valence-electron chi connectivity index (χ3n) is 3.58. The van der Waals surface area contributed by atoms with E-state index in [1.165, 1.54) is 6.26 Å². The molecule has 2 aromatic rings. The lowest BCUT2D eigenvalue weighted by atomic mass is 10.1. The molecule has 0 bridgehead atoms. The van der Waals surface area contributed by atoms with E-state index in [9.17, 15) is 9.59 Å². The van der Waals surface area contributed by atoms with Crippen LogP contribution in [0.25, 0.3) is 0 Å². The molecule has 25 heavy (non-hydrogen) atoms. The van der Waals surface area contributed by atoms with Crippen LogP contribution in [-0.2, 0) is 11.2 Å². The largest absolute Gasteiger partial charge is 0.459 e. The molecule has 134 valence electrons. The summed E-state index contributed by atoms with van der Waals surface area (Å²) >= 11 is 7.58. The summed E-state index contributed by atoms with van der Waals surface area (Å²) in [7, 11) is 0. The maximum absolute atomic E-state index is 12.4. The fourth-order valence-corrected chi connectivity index (χ4v) is 2.97. The molecule has 0 aliphatic carbocycles. The molecular weight excluding hydrogens is 360 g/mol. The van der Waals surface area contributed by atoms with Crippen molar-refractivity contribution >= 4 is 35.2 Å². The lowest BCUT2D eigenvalue weighted by molar-refractivity contribution is -0.123. The topological polar surface area (TPSA) is 71.3 Å². The molecule has 0 fully saturated rings. The molecule has 1 atom stereocenters. The van der Waals surface area contributed by atoms with Gasteiger partial charge in [0.05, 0.1) is 6.26 Å². The molecule has 0 radical (unpaired) electrons. The van der Waals surface area contributed by atoms with E-state index in [0.29, 0.717) is 24.4 Å². The Balaban J connectivity index is 1.87. The van der Waals surface area contributed by atoms with Gasteiger partial charge in [-0.05, 0) is 54.7 Å². The molecule has 2 N–H and O–H groups in total. The number of halogens is 1. The molecule has 0 aliphatic heterocycles. The Labute approximate surface area is 156 Å². The Morgan fingerprint density at radius 2 is 2.12 bits per heavy atom. The quantitative estimate of drug-likeness (QED) is 0.701. The SMILES string of the molecule is CSCCC(NC(=O)c1ccco1)C(=O)NCCc1cccc(Cl)c1. The number of furan rings is 1. The first kappa shape index (κ1) is 19.4. The van der Waals surface area contributed by atoms with Crippen molar-refractivity contribution in [3.05, 3.63) is 59.0 Å². The van der Waals surface area contributed by atoms with Gasteiger partial charge in [0.2, 0.25) is 5.91 Å². The van der Waals surface area contributed by atoms with Crippen LogP contribution in [-0.4, -0.2) is 36.4 Å². The van der Waals surface area contributed by atoms with Gasteiger partial charge in [-0.2, -0.15) is 11.8 Å². The Morgan fingerprint density at radius 1 is 1.28 bits per heavy atom. The lowest BCUT2D eigenvalue weighted by Gasteiger charge is -2.17. The summed E-state index contributed by atoms with van der Waals surface area (Å²) < 4.78 is 5.07. The summed E-state index contributed by atoms with van der Waals surface area (Å²) in [4.78, 5) is 24.5. The van der Waals surface area contributed by atoms with Crippen molar-refractivity contribution in [2.75, 3.05) is 18.6 Å². The zero-order valence-corrected chi connectivity index (χ0v) is 15.5. The summed E-state index contributed by atoms with van der Waals surface area (Å²) in [6.07, 6.45) is 4.61. The molecule has 5 nitrogen and oxygen atoms in total. The van der Waals surface area contributed by atoms with Crippen LogP contribution < -0.4 is 10.6 Å². The second kappa shape index (κ2) is 10.2. The van der Waals surface area contributed by atoms with Crippen molar-refractivity contribution in [1.29, 1.82) is 0 Å². The number of carbonyl (C=O) groups is 2. The van der Waals surface area contributed by atoms with Crippen molar-refractivity contribution in [2.45, 2.75) is 18.9 Å². The van der Waals surface area contributed by atoms with E-state index in [4.69, 9.17) is 16.0 Å². The van der Waals surface area contributed by atoms with Crippen molar-refractivity contribution in [3.63, 3.8) is 0 Å². The zero-order chi connectivity index (χ0) is 18.1. The van der Waals surface area contributed by atoms with Crippen molar-refractivity contribution in [3.8, 4) is 0 Å². The van der Waals surface area contributed by atoms with Gasteiger partial charge in [0.15, 0.2) is 5.76 Å². The van der Waals surface area contributed by atoms with Gasteiger partial charge in [-0.1, -0.05) is 23.7 Å². The van der Waals surface area contributed by atoms with Crippen LogP contribution in [0.3, 0.4) is 0 Å². The second-order valence-electron chi connectivity index (χ2n) is 5.46.